The van der Waals surface area contributed by atoms with Crippen LogP contribution in [-0.4, -0.2) is 30.1 Å². The molecule has 0 aliphatic carbocycles. The Kier molecular flexibility index (Phi) is 4.08. The first-order chi connectivity index (χ1) is 11.5. The van der Waals surface area contributed by atoms with Crippen LogP contribution in [0.3, 0.4) is 0 Å². The molecule has 0 atom stereocenters. The second-order valence-electron chi connectivity index (χ2n) is 5.47. The number of carbonyl (C=O) groups excluding carboxylic acids is 1. The van der Waals surface area contributed by atoms with Gasteiger partial charge in [-0.2, -0.15) is 0 Å². The number of nitrogens with zero attached hydrogens (tertiary/aromatic N) is 1. The third kappa shape index (κ3) is 2.76. The molecule has 0 bridgehead atoms. The molecule has 0 unspecified atom stereocenters. The molecular formula is C19H17NO4. The number of fused-ring (bicyclic) bond motifs is 1. The number of ether oxygens (including phenoxy) is 2. The maximum atomic E-state index is 12.7. The monoisotopic (exact) mass is 323 g/mol. The molecule has 0 saturated heterocycles. The van der Waals surface area contributed by atoms with Crippen molar-refractivity contribution in [1.29, 1.82) is 0 Å². The van der Waals surface area contributed by atoms with E-state index in [1.807, 2.05) is 6.92 Å². The number of ketones is 1. The molecule has 0 spiro atoms. The second kappa shape index (κ2) is 6.20. The van der Waals surface area contributed by atoms with Gasteiger partial charge in [-0.25, -0.2) is 0 Å². The first kappa shape index (κ1) is 15.8. The van der Waals surface area contributed by atoms with Crippen LogP contribution in [-0.2, 0) is 0 Å². The highest BCUT2D eigenvalue weighted by molar-refractivity contribution is 6.11. The first-order valence-electron chi connectivity index (χ1n) is 7.39. The Morgan fingerprint density at radius 3 is 2.46 bits per heavy atom. The van der Waals surface area contributed by atoms with Gasteiger partial charge in [-0.15, -0.1) is 0 Å². The summed E-state index contributed by atoms with van der Waals surface area (Å²) in [4.78, 5) is 17.0. The van der Waals surface area contributed by atoms with Crippen molar-refractivity contribution in [2.24, 2.45) is 0 Å². The van der Waals surface area contributed by atoms with Crippen LogP contribution in [0.25, 0.3) is 10.9 Å². The van der Waals surface area contributed by atoms with E-state index in [0.717, 1.165) is 10.9 Å². The minimum absolute atomic E-state index is 0.0435. The fourth-order valence-corrected chi connectivity index (χ4v) is 2.57. The van der Waals surface area contributed by atoms with Crippen LogP contribution in [0, 0.1) is 6.92 Å². The van der Waals surface area contributed by atoms with Gasteiger partial charge in [0.05, 0.1) is 25.3 Å². The summed E-state index contributed by atoms with van der Waals surface area (Å²) in [6.45, 7) is 1.87. The Labute approximate surface area is 139 Å². The fourth-order valence-electron chi connectivity index (χ4n) is 2.57. The van der Waals surface area contributed by atoms with Crippen molar-refractivity contribution in [2.45, 2.75) is 6.92 Å². The molecule has 0 amide bonds. The van der Waals surface area contributed by atoms with E-state index in [-0.39, 0.29) is 17.1 Å². The summed E-state index contributed by atoms with van der Waals surface area (Å²) in [5.41, 5.74) is 2.25. The zero-order chi connectivity index (χ0) is 17.3. The number of hydrogen-bond donors (Lipinski definition) is 1. The number of pyridine rings is 1. The molecule has 0 saturated carbocycles. The van der Waals surface area contributed by atoms with Crippen molar-refractivity contribution in [3.63, 3.8) is 0 Å². The molecule has 0 fully saturated rings. The van der Waals surface area contributed by atoms with Crippen LogP contribution in [0.4, 0.5) is 0 Å². The predicted octanol–water partition coefficient (Wildman–Crippen LogP) is 3.50. The largest absolute Gasteiger partial charge is 0.507 e. The SMILES string of the molecule is COc1cc2cc(C(=O)c3cc(C)ccc3O)cnc2cc1OC. The average molecular weight is 323 g/mol. The van der Waals surface area contributed by atoms with Crippen LogP contribution >= 0.6 is 0 Å². The summed E-state index contributed by atoms with van der Waals surface area (Å²) in [5.74, 6) is 0.820. The van der Waals surface area contributed by atoms with Gasteiger partial charge in [-0.3, -0.25) is 9.78 Å². The number of aromatic nitrogens is 1. The highest BCUT2D eigenvalue weighted by Gasteiger charge is 2.16. The van der Waals surface area contributed by atoms with E-state index in [1.165, 1.54) is 12.3 Å². The number of carbonyl (C=O) groups is 1. The van der Waals surface area contributed by atoms with Gasteiger partial charge in [-0.1, -0.05) is 11.6 Å². The quantitative estimate of drug-likeness (QED) is 0.744. The number of benzene rings is 2. The highest BCUT2D eigenvalue weighted by Crippen LogP contribution is 2.32. The van der Waals surface area contributed by atoms with Crippen molar-refractivity contribution in [3.05, 3.63) is 59.3 Å². The third-order valence-electron chi connectivity index (χ3n) is 3.85. The molecule has 1 aromatic heterocycles. The molecule has 122 valence electrons. The van der Waals surface area contributed by atoms with E-state index in [0.29, 0.717) is 22.6 Å². The van der Waals surface area contributed by atoms with E-state index in [2.05, 4.69) is 4.98 Å². The molecule has 5 nitrogen and oxygen atoms in total. The standard InChI is InChI=1S/C19H17NO4/c1-11-4-5-16(21)14(6-11)19(22)13-7-12-8-17(23-2)18(24-3)9-15(12)20-10-13/h4-10,21H,1-3H3. The fraction of sp³-hybridized carbons (Fsp3) is 0.158. The Balaban J connectivity index is 2.10. The summed E-state index contributed by atoms with van der Waals surface area (Å²) in [5, 5.41) is 10.7. The van der Waals surface area contributed by atoms with Gasteiger partial charge in [-0.05, 0) is 31.2 Å². The zero-order valence-corrected chi connectivity index (χ0v) is 13.7. The van der Waals surface area contributed by atoms with Crippen molar-refractivity contribution in [3.8, 4) is 17.2 Å². The smallest absolute Gasteiger partial charge is 0.198 e. The zero-order valence-electron chi connectivity index (χ0n) is 13.7. The van der Waals surface area contributed by atoms with Gasteiger partial charge in [0, 0.05) is 23.2 Å². The van der Waals surface area contributed by atoms with Crippen LogP contribution in [0.1, 0.15) is 21.5 Å². The van der Waals surface area contributed by atoms with E-state index in [4.69, 9.17) is 9.47 Å². The average Bonchev–Trinajstić information content (AvgIpc) is 2.61. The number of aryl methyl sites for hydroxylation is 1. The summed E-state index contributed by atoms with van der Waals surface area (Å²) in [6, 6.07) is 10.2. The Morgan fingerprint density at radius 2 is 1.75 bits per heavy atom. The Morgan fingerprint density at radius 1 is 1.04 bits per heavy atom. The van der Waals surface area contributed by atoms with Gasteiger partial charge in [0.2, 0.25) is 0 Å². The lowest BCUT2D eigenvalue weighted by Crippen LogP contribution is -2.03. The molecule has 0 aliphatic heterocycles. The summed E-state index contributed by atoms with van der Waals surface area (Å²) in [7, 11) is 3.11. The minimum Gasteiger partial charge on any atom is -0.507 e. The van der Waals surface area contributed by atoms with Crippen molar-refractivity contribution in [2.75, 3.05) is 14.2 Å². The maximum Gasteiger partial charge on any atom is 0.198 e. The molecule has 3 aromatic rings. The van der Waals surface area contributed by atoms with E-state index >= 15 is 0 Å². The number of rotatable bonds is 4. The molecular weight excluding hydrogens is 306 g/mol. The molecule has 5 heteroatoms. The number of hydrogen-bond acceptors (Lipinski definition) is 5. The highest BCUT2D eigenvalue weighted by atomic mass is 16.5. The maximum absolute atomic E-state index is 12.7. The molecule has 2 aromatic carbocycles. The number of phenols is 1. The minimum atomic E-state index is -0.277. The van der Waals surface area contributed by atoms with Crippen LogP contribution in [0.2, 0.25) is 0 Å². The summed E-state index contributed by atoms with van der Waals surface area (Å²) in [6.07, 6.45) is 1.50. The summed E-state index contributed by atoms with van der Waals surface area (Å²) < 4.78 is 10.5. The van der Waals surface area contributed by atoms with Crippen molar-refractivity contribution >= 4 is 16.7 Å². The predicted molar refractivity (Wildman–Crippen MR) is 91.1 cm³/mol. The lowest BCUT2D eigenvalue weighted by Gasteiger charge is -2.10. The molecule has 1 N–H and O–H groups in total. The van der Waals surface area contributed by atoms with E-state index < -0.39 is 0 Å². The Hall–Kier alpha value is -3.08. The molecule has 1 heterocycles. The van der Waals surface area contributed by atoms with E-state index in [1.54, 1.807) is 44.6 Å². The van der Waals surface area contributed by atoms with Crippen molar-refractivity contribution < 1.29 is 19.4 Å². The van der Waals surface area contributed by atoms with Gasteiger partial charge >= 0.3 is 0 Å². The van der Waals surface area contributed by atoms with Crippen molar-refractivity contribution in [1.82, 2.24) is 4.98 Å². The Bertz CT molecular complexity index is 934. The molecule has 3 rings (SSSR count). The topological polar surface area (TPSA) is 68.7 Å². The van der Waals surface area contributed by atoms with E-state index in [9.17, 15) is 9.90 Å². The van der Waals surface area contributed by atoms with Crippen LogP contribution in [0.15, 0.2) is 42.6 Å². The molecule has 0 radical (unpaired) electrons. The molecule has 0 aliphatic rings. The third-order valence-corrected chi connectivity index (χ3v) is 3.85. The number of methoxy groups -OCH3 is 2. The van der Waals surface area contributed by atoms with Crippen LogP contribution in [0.5, 0.6) is 17.2 Å². The second-order valence-corrected chi connectivity index (χ2v) is 5.47. The van der Waals surface area contributed by atoms with Crippen LogP contribution < -0.4 is 9.47 Å². The number of phenolic OH excluding ortho intramolecular Hbond substituents is 1. The van der Waals surface area contributed by atoms with Gasteiger partial charge < -0.3 is 14.6 Å². The normalized spacial score (nSPS) is 10.6. The first-order valence-corrected chi connectivity index (χ1v) is 7.39. The summed E-state index contributed by atoms with van der Waals surface area (Å²) >= 11 is 0. The van der Waals surface area contributed by atoms with Gasteiger partial charge in [0.25, 0.3) is 0 Å². The lowest BCUT2D eigenvalue weighted by atomic mass is 10.0. The number of aromatic hydroxyl groups is 1. The van der Waals surface area contributed by atoms with Gasteiger partial charge in [0.15, 0.2) is 17.3 Å². The van der Waals surface area contributed by atoms with Gasteiger partial charge in [0.1, 0.15) is 5.75 Å². The molecule has 24 heavy (non-hydrogen) atoms. The lowest BCUT2D eigenvalue weighted by molar-refractivity contribution is 0.103.